The molecule has 5 amide bonds. The summed E-state index contributed by atoms with van der Waals surface area (Å²) in [5, 5.41) is 65.9. The fourth-order valence-corrected chi connectivity index (χ4v) is 4.69. The molecule has 0 unspecified atom stereocenters. The average Bonchev–Trinajstić information content (AvgIpc) is 3.51. The van der Waals surface area contributed by atoms with Crippen molar-refractivity contribution in [2.75, 3.05) is 19.8 Å². The van der Waals surface area contributed by atoms with Crippen LogP contribution in [0.4, 0.5) is 0 Å². The number of carbonyl (C=O) groups is 7. The first-order valence-electron chi connectivity index (χ1n) is 14.5. The van der Waals surface area contributed by atoms with Gasteiger partial charge < -0.3 is 62.5 Å². The van der Waals surface area contributed by atoms with Crippen LogP contribution in [-0.2, 0) is 40.0 Å². The number of phenolic OH excluding ortho intramolecular Hbond substituents is 1. The van der Waals surface area contributed by atoms with Crippen molar-refractivity contribution in [2.45, 2.75) is 75.0 Å². The van der Waals surface area contributed by atoms with E-state index in [-0.39, 0.29) is 25.1 Å². The van der Waals surface area contributed by atoms with Gasteiger partial charge in [-0.15, -0.1) is 0 Å². The van der Waals surface area contributed by atoms with Crippen molar-refractivity contribution in [3.63, 3.8) is 0 Å². The summed E-state index contributed by atoms with van der Waals surface area (Å²) >= 11 is 0. The standard InChI is InChI=1S/C28H40N6O13/c1-13(37)22(26(44)31-18(28(46)47)10-21(39)40)33-25(43)20-3-2-8-34(20)27(45)19(12-36)32-24(42)17(30-23(41)16(29)11-35)9-14-4-6-15(38)7-5-14/h4-7,13,16-20,22,35-38H,2-3,8-12,29H2,1H3,(H,30,41)(H,31,44)(H,32,42)(H,33,43)(H,39,40)(H,46,47)/t13-,16+,17+,18+,19+,20+,22+/m1/s1. The van der Waals surface area contributed by atoms with Gasteiger partial charge in [-0.05, 0) is 37.5 Å². The highest BCUT2D eigenvalue weighted by Crippen LogP contribution is 2.19. The van der Waals surface area contributed by atoms with Crippen LogP contribution in [0.15, 0.2) is 24.3 Å². The Hall–Kier alpha value is -4.85. The highest BCUT2D eigenvalue weighted by Gasteiger charge is 2.40. The Balaban J connectivity index is 2.19. The van der Waals surface area contributed by atoms with Crippen LogP contribution < -0.4 is 27.0 Å². The van der Waals surface area contributed by atoms with E-state index in [1.807, 2.05) is 5.32 Å². The van der Waals surface area contributed by atoms with E-state index in [1.165, 1.54) is 24.3 Å². The summed E-state index contributed by atoms with van der Waals surface area (Å²) in [4.78, 5) is 88.4. The lowest BCUT2D eigenvalue weighted by molar-refractivity contribution is -0.148. The van der Waals surface area contributed by atoms with Gasteiger partial charge in [0.05, 0.1) is 25.7 Å². The van der Waals surface area contributed by atoms with Gasteiger partial charge in [0, 0.05) is 13.0 Å². The molecule has 1 saturated heterocycles. The summed E-state index contributed by atoms with van der Waals surface area (Å²) in [7, 11) is 0. The molecular formula is C28H40N6O13. The average molecular weight is 669 g/mol. The molecule has 1 aliphatic rings. The molecule has 19 heteroatoms. The number of benzene rings is 1. The van der Waals surface area contributed by atoms with E-state index in [1.54, 1.807) is 0 Å². The van der Waals surface area contributed by atoms with Gasteiger partial charge in [0.2, 0.25) is 29.5 Å². The molecule has 260 valence electrons. The van der Waals surface area contributed by atoms with Crippen LogP contribution in [0.3, 0.4) is 0 Å². The summed E-state index contributed by atoms with van der Waals surface area (Å²) in [6.07, 6.45) is -2.33. The lowest BCUT2D eigenvalue weighted by Crippen LogP contribution is -2.61. The molecule has 0 bridgehead atoms. The third-order valence-corrected chi connectivity index (χ3v) is 7.23. The summed E-state index contributed by atoms with van der Waals surface area (Å²) in [5.41, 5.74) is 6.04. The molecule has 7 atom stereocenters. The Kier molecular flexibility index (Phi) is 14.5. The van der Waals surface area contributed by atoms with Gasteiger partial charge in [-0.25, -0.2) is 4.79 Å². The largest absolute Gasteiger partial charge is 0.508 e. The number of aromatic hydroxyl groups is 1. The van der Waals surface area contributed by atoms with E-state index < -0.39 is 103 Å². The molecule has 1 aromatic rings. The Morgan fingerprint density at radius 1 is 0.872 bits per heavy atom. The minimum absolute atomic E-state index is 0.00639. The zero-order valence-electron chi connectivity index (χ0n) is 25.4. The molecule has 1 aliphatic heterocycles. The van der Waals surface area contributed by atoms with Crippen LogP contribution in [0.5, 0.6) is 5.75 Å². The second kappa shape index (κ2) is 17.7. The lowest BCUT2D eigenvalue weighted by atomic mass is 10.0. The molecule has 19 nitrogen and oxygen atoms in total. The molecule has 0 spiro atoms. The first kappa shape index (κ1) is 38.3. The highest BCUT2D eigenvalue weighted by atomic mass is 16.4. The van der Waals surface area contributed by atoms with Crippen LogP contribution in [0, 0.1) is 0 Å². The summed E-state index contributed by atoms with van der Waals surface area (Å²) < 4.78 is 0. The molecule has 2 rings (SSSR count). The number of phenols is 1. The van der Waals surface area contributed by atoms with Crippen molar-refractivity contribution in [1.29, 1.82) is 0 Å². The number of carboxylic acids is 2. The zero-order valence-corrected chi connectivity index (χ0v) is 25.4. The number of aliphatic hydroxyl groups is 3. The number of hydrogen-bond donors (Lipinski definition) is 11. The van der Waals surface area contributed by atoms with Gasteiger partial charge in [-0.1, -0.05) is 12.1 Å². The summed E-state index contributed by atoms with van der Waals surface area (Å²) in [6, 6.07) is -3.54. The first-order valence-corrected chi connectivity index (χ1v) is 14.5. The maximum Gasteiger partial charge on any atom is 0.326 e. The predicted octanol–water partition coefficient (Wildman–Crippen LogP) is -4.88. The van der Waals surface area contributed by atoms with E-state index >= 15 is 0 Å². The van der Waals surface area contributed by atoms with Crippen molar-refractivity contribution in [3.05, 3.63) is 29.8 Å². The number of amides is 5. The van der Waals surface area contributed by atoms with E-state index in [4.69, 9.17) is 10.8 Å². The van der Waals surface area contributed by atoms with Gasteiger partial charge >= 0.3 is 11.9 Å². The number of likely N-dealkylation sites (tertiary alicyclic amines) is 1. The van der Waals surface area contributed by atoms with Crippen LogP contribution in [0.25, 0.3) is 0 Å². The number of carbonyl (C=O) groups excluding carboxylic acids is 5. The Bertz CT molecular complexity index is 1310. The number of carboxylic acid groups (broad SMARTS) is 2. The maximum absolute atomic E-state index is 13.5. The quantitative estimate of drug-likeness (QED) is 0.0742. The Morgan fingerprint density at radius 3 is 2.00 bits per heavy atom. The molecule has 0 radical (unpaired) electrons. The number of hydrogen-bond acceptors (Lipinski definition) is 12. The monoisotopic (exact) mass is 668 g/mol. The van der Waals surface area contributed by atoms with Crippen molar-refractivity contribution >= 4 is 41.5 Å². The van der Waals surface area contributed by atoms with Gasteiger partial charge in [-0.2, -0.15) is 0 Å². The van der Waals surface area contributed by atoms with Gasteiger partial charge in [-0.3, -0.25) is 28.8 Å². The summed E-state index contributed by atoms with van der Waals surface area (Å²) in [6.45, 7) is -0.541. The number of nitrogens with one attached hydrogen (secondary N) is 4. The van der Waals surface area contributed by atoms with Crippen molar-refractivity contribution in [3.8, 4) is 5.75 Å². The third-order valence-electron chi connectivity index (χ3n) is 7.23. The number of nitrogens with zero attached hydrogens (tertiary/aromatic N) is 1. The SMILES string of the molecule is C[C@@H](O)[C@H](NC(=O)[C@@H]1CCCN1C(=O)[C@H](CO)NC(=O)[C@H](Cc1ccc(O)cc1)NC(=O)[C@@H](N)CO)C(=O)N[C@@H](CC(=O)O)C(=O)O. The zero-order chi connectivity index (χ0) is 35.4. The number of rotatable bonds is 17. The van der Waals surface area contributed by atoms with E-state index in [2.05, 4.69) is 16.0 Å². The molecule has 47 heavy (non-hydrogen) atoms. The smallest absolute Gasteiger partial charge is 0.326 e. The number of aliphatic hydroxyl groups excluding tert-OH is 3. The summed E-state index contributed by atoms with van der Waals surface area (Å²) in [5.74, 6) is -8.08. The minimum Gasteiger partial charge on any atom is -0.508 e. The maximum atomic E-state index is 13.5. The topological polar surface area (TPSA) is 318 Å². The lowest BCUT2D eigenvalue weighted by Gasteiger charge is -2.30. The molecule has 0 aromatic heterocycles. The van der Waals surface area contributed by atoms with E-state index in [0.717, 1.165) is 11.8 Å². The second-order valence-corrected chi connectivity index (χ2v) is 10.9. The molecule has 12 N–H and O–H groups in total. The predicted molar refractivity (Wildman–Crippen MR) is 158 cm³/mol. The Labute approximate surface area is 268 Å². The number of nitrogens with two attached hydrogens (primary N) is 1. The molecule has 1 fully saturated rings. The van der Waals surface area contributed by atoms with Gasteiger partial charge in [0.1, 0.15) is 42.0 Å². The highest BCUT2D eigenvalue weighted by molar-refractivity contribution is 5.97. The van der Waals surface area contributed by atoms with Crippen molar-refractivity contribution in [1.82, 2.24) is 26.2 Å². The van der Waals surface area contributed by atoms with E-state index in [9.17, 15) is 59.1 Å². The normalized spacial score (nSPS) is 18.1. The Morgan fingerprint density at radius 2 is 1.47 bits per heavy atom. The fraction of sp³-hybridized carbons (Fsp3) is 0.536. The number of aliphatic carboxylic acids is 2. The molecule has 1 heterocycles. The van der Waals surface area contributed by atoms with E-state index in [0.29, 0.717) is 12.0 Å². The minimum atomic E-state index is -1.86. The van der Waals surface area contributed by atoms with Crippen molar-refractivity contribution in [2.24, 2.45) is 5.73 Å². The molecule has 0 aliphatic carbocycles. The van der Waals surface area contributed by atoms with Gasteiger partial charge in [0.25, 0.3) is 0 Å². The fourth-order valence-electron chi connectivity index (χ4n) is 4.69. The van der Waals surface area contributed by atoms with Crippen LogP contribution in [0.1, 0.15) is 31.7 Å². The van der Waals surface area contributed by atoms with Gasteiger partial charge in [0.15, 0.2) is 0 Å². The molecular weight excluding hydrogens is 628 g/mol. The van der Waals surface area contributed by atoms with Crippen LogP contribution in [0.2, 0.25) is 0 Å². The second-order valence-electron chi connectivity index (χ2n) is 10.9. The van der Waals surface area contributed by atoms with Crippen molar-refractivity contribution < 1.29 is 64.2 Å². The first-order chi connectivity index (χ1) is 22.1. The third kappa shape index (κ3) is 11.2. The van der Waals surface area contributed by atoms with Crippen LogP contribution in [-0.4, -0.2) is 139 Å². The molecule has 0 saturated carbocycles. The molecule has 1 aromatic carbocycles. The van der Waals surface area contributed by atoms with Crippen LogP contribution >= 0.6 is 0 Å².